The number of nitrogens with one attached hydrogen (secondary N) is 1. The van der Waals surface area contributed by atoms with Crippen LogP contribution in [0.3, 0.4) is 0 Å². The molecule has 4 bridgehead atoms. The Labute approximate surface area is 134 Å². The normalized spacial score (nSPS) is 37.3. The maximum absolute atomic E-state index is 12.5. The molecule has 128 valence electrons. The van der Waals surface area contributed by atoms with Crippen LogP contribution in [0.25, 0.3) is 0 Å². The van der Waals surface area contributed by atoms with Crippen molar-refractivity contribution in [1.29, 1.82) is 0 Å². The van der Waals surface area contributed by atoms with E-state index in [0.29, 0.717) is 18.3 Å². The lowest BCUT2D eigenvalue weighted by molar-refractivity contribution is -0.196. The fourth-order valence-corrected chi connectivity index (χ4v) is 5.05. The highest BCUT2D eigenvalue weighted by atomic mass is 16.6. The van der Waals surface area contributed by atoms with Crippen LogP contribution in [0.4, 0.5) is 4.79 Å². The second-order valence-electron chi connectivity index (χ2n) is 7.31. The van der Waals surface area contributed by atoms with E-state index in [-0.39, 0.29) is 6.61 Å². The van der Waals surface area contributed by atoms with Gasteiger partial charge in [-0.15, -0.1) is 0 Å². The highest BCUT2D eigenvalue weighted by Crippen LogP contribution is 2.61. The van der Waals surface area contributed by atoms with Gasteiger partial charge in [0.05, 0.1) is 17.6 Å². The second-order valence-corrected chi connectivity index (χ2v) is 7.31. The largest absolute Gasteiger partial charge is 0.455 e. The van der Waals surface area contributed by atoms with E-state index in [4.69, 9.17) is 4.74 Å². The van der Waals surface area contributed by atoms with Crippen molar-refractivity contribution in [3.8, 4) is 0 Å². The summed E-state index contributed by atoms with van der Waals surface area (Å²) in [6.07, 6.45) is 3.63. The maximum Gasteiger partial charge on any atom is 0.413 e. The molecule has 0 heterocycles. The molecule has 2 unspecified atom stereocenters. The molecule has 0 spiro atoms. The molecule has 4 aliphatic carbocycles. The van der Waals surface area contributed by atoms with Gasteiger partial charge in [0.2, 0.25) is 0 Å². The number of ether oxygens (including phenoxy) is 2. The van der Waals surface area contributed by atoms with E-state index in [1.807, 2.05) is 5.32 Å². The number of imide groups is 1. The lowest BCUT2D eigenvalue weighted by atomic mass is 9.48. The van der Waals surface area contributed by atoms with Gasteiger partial charge in [-0.1, -0.05) is 0 Å². The number of carbonyl (C=O) groups excluding carboxylic acids is 3. The predicted molar refractivity (Wildman–Crippen MR) is 78.2 cm³/mol. The topological polar surface area (TPSA) is 102 Å². The van der Waals surface area contributed by atoms with Crippen LogP contribution in [0, 0.1) is 17.3 Å². The van der Waals surface area contributed by atoms with E-state index in [1.165, 1.54) is 0 Å². The predicted octanol–water partition coefficient (Wildman–Crippen LogP) is 1.13. The molecule has 4 atom stereocenters. The van der Waals surface area contributed by atoms with Crippen LogP contribution in [0.2, 0.25) is 0 Å². The number of carbonyl (C=O) groups is 3. The quantitative estimate of drug-likeness (QED) is 0.751. The zero-order valence-corrected chi connectivity index (χ0v) is 13.3. The van der Waals surface area contributed by atoms with Crippen molar-refractivity contribution in [2.24, 2.45) is 17.3 Å². The van der Waals surface area contributed by atoms with Crippen LogP contribution in [0.1, 0.15) is 45.4 Å². The van der Waals surface area contributed by atoms with Crippen LogP contribution in [-0.2, 0) is 19.1 Å². The van der Waals surface area contributed by atoms with Crippen LogP contribution in [0.15, 0.2) is 0 Å². The summed E-state index contributed by atoms with van der Waals surface area (Å²) in [5, 5.41) is 12.6. The number of esters is 1. The van der Waals surface area contributed by atoms with Crippen molar-refractivity contribution in [3.63, 3.8) is 0 Å². The zero-order chi connectivity index (χ0) is 16.7. The highest BCUT2D eigenvalue weighted by molar-refractivity contribution is 5.93. The molecule has 23 heavy (non-hydrogen) atoms. The molecule has 2 N–H and O–H groups in total. The van der Waals surface area contributed by atoms with E-state index in [2.05, 4.69) is 4.74 Å². The van der Waals surface area contributed by atoms with Crippen LogP contribution in [0.5, 0.6) is 0 Å². The van der Waals surface area contributed by atoms with Gasteiger partial charge >= 0.3 is 12.1 Å². The number of rotatable bonds is 4. The van der Waals surface area contributed by atoms with E-state index in [1.54, 1.807) is 6.92 Å². The summed E-state index contributed by atoms with van der Waals surface area (Å²) in [4.78, 5) is 35.2. The standard InChI is InChI=1S/C16H23NO6/c1-2-22-14(20)17-12(18)8-23-13(19)15-4-10-3-11(5-15)7-16(21,6-10)9-15/h10-11,21H,2-9H2,1H3,(H,17,18,20)/t10-,11+,15?,16?. The molecular formula is C16H23NO6. The molecule has 2 amide bonds. The molecule has 7 heteroatoms. The van der Waals surface area contributed by atoms with Gasteiger partial charge in [0.1, 0.15) is 0 Å². The molecule has 4 fully saturated rings. The Morgan fingerprint density at radius 3 is 2.35 bits per heavy atom. The Balaban J connectivity index is 1.56. The van der Waals surface area contributed by atoms with E-state index < -0.39 is 35.6 Å². The number of amides is 2. The van der Waals surface area contributed by atoms with Crippen LogP contribution >= 0.6 is 0 Å². The first-order valence-corrected chi connectivity index (χ1v) is 8.20. The third-order valence-corrected chi connectivity index (χ3v) is 5.31. The highest BCUT2D eigenvalue weighted by Gasteiger charge is 2.60. The second kappa shape index (κ2) is 5.78. The minimum atomic E-state index is -0.849. The van der Waals surface area contributed by atoms with Crippen LogP contribution < -0.4 is 5.32 Å². The first kappa shape index (κ1) is 16.2. The van der Waals surface area contributed by atoms with Gasteiger partial charge < -0.3 is 14.6 Å². The van der Waals surface area contributed by atoms with Gasteiger partial charge in [-0.3, -0.25) is 14.9 Å². The van der Waals surface area contributed by atoms with Gasteiger partial charge in [0.25, 0.3) is 5.91 Å². The first-order chi connectivity index (χ1) is 10.8. The molecule has 4 saturated carbocycles. The number of alkyl carbamates (subject to hydrolysis) is 1. The molecule has 0 saturated heterocycles. The van der Waals surface area contributed by atoms with E-state index in [0.717, 1.165) is 32.1 Å². The van der Waals surface area contributed by atoms with Crippen molar-refractivity contribution in [3.05, 3.63) is 0 Å². The number of hydrogen-bond donors (Lipinski definition) is 2. The SMILES string of the molecule is CCOC(=O)NC(=O)COC(=O)C12C[C@@H]3C[C@@H](CC(O)(C3)C1)C2. The Bertz CT molecular complexity index is 517. The molecular weight excluding hydrogens is 302 g/mol. The molecule has 0 aliphatic heterocycles. The summed E-state index contributed by atoms with van der Waals surface area (Å²) in [6.45, 7) is 1.28. The van der Waals surface area contributed by atoms with Crippen LogP contribution in [-0.4, -0.2) is 41.9 Å². The summed E-state index contributed by atoms with van der Waals surface area (Å²) < 4.78 is 9.73. The van der Waals surface area contributed by atoms with E-state index in [9.17, 15) is 19.5 Å². The Hall–Kier alpha value is -1.63. The zero-order valence-electron chi connectivity index (χ0n) is 13.3. The molecule has 0 aromatic heterocycles. The lowest BCUT2D eigenvalue weighted by Gasteiger charge is -2.58. The van der Waals surface area contributed by atoms with Crippen molar-refractivity contribution >= 4 is 18.0 Å². The third-order valence-electron chi connectivity index (χ3n) is 5.31. The van der Waals surface area contributed by atoms with Crippen molar-refractivity contribution < 1.29 is 29.0 Å². The number of aliphatic hydroxyl groups is 1. The average molecular weight is 325 g/mol. The summed E-state index contributed by atoms with van der Waals surface area (Å²) in [6, 6.07) is 0. The molecule has 4 aliphatic rings. The average Bonchev–Trinajstić information content (AvgIpc) is 2.42. The maximum atomic E-state index is 12.5. The Kier molecular flexibility index (Phi) is 4.08. The Morgan fingerprint density at radius 2 is 1.78 bits per heavy atom. The molecule has 7 nitrogen and oxygen atoms in total. The molecule has 4 rings (SSSR count). The summed E-state index contributed by atoms with van der Waals surface area (Å²) >= 11 is 0. The summed E-state index contributed by atoms with van der Waals surface area (Å²) in [5.74, 6) is -0.409. The fraction of sp³-hybridized carbons (Fsp3) is 0.812. The number of hydrogen-bond acceptors (Lipinski definition) is 6. The molecule has 0 radical (unpaired) electrons. The van der Waals surface area contributed by atoms with Crippen molar-refractivity contribution in [2.45, 2.75) is 51.0 Å². The first-order valence-electron chi connectivity index (χ1n) is 8.20. The van der Waals surface area contributed by atoms with Crippen molar-refractivity contribution in [1.82, 2.24) is 5.32 Å². The summed E-state index contributed by atoms with van der Waals surface area (Å²) in [7, 11) is 0. The fourth-order valence-electron chi connectivity index (χ4n) is 5.05. The van der Waals surface area contributed by atoms with Crippen molar-refractivity contribution in [2.75, 3.05) is 13.2 Å². The minimum Gasteiger partial charge on any atom is -0.455 e. The molecule has 0 aromatic rings. The van der Waals surface area contributed by atoms with Gasteiger partial charge in [0, 0.05) is 0 Å². The van der Waals surface area contributed by atoms with Gasteiger partial charge in [-0.05, 0) is 57.3 Å². The minimum absolute atomic E-state index is 0.156. The van der Waals surface area contributed by atoms with Gasteiger partial charge in [-0.25, -0.2) is 4.79 Å². The third kappa shape index (κ3) is 3.20. The van der Waals surface area contributed by atoms with Gasteiger partial charge in [0.15, 0.2) is 6.61 Å². The smallest absolute Gasteiger partial charge is 0.413 e. The lowest BCUT2D eigenvalue weighted by Crippen LogP contribution is -2.58. The summed E-state index contributed by atoms with van der Waals surface area (Å²) in [5.41, 5.74) is -1.42. The van der Waals surface area contributed by atoms with Gasteiger partial charge in [-0.2, -0.15) is 0 Å². The molecule has 0 aromatic carbocycles. The monoisotopic (exact) mass is 325 g/mol. The van der Waals surface area contributed by atoms with E-state index >= 15 is 0 Å². The Morgan fingerprint density at radius 1 is 1.13 bits per heavy atom.